The van der Waals surface area contributed by atoms with Crippen LogP contribution in [0.5, 0.6) is 0 Å². The molecule has 1 aromatic rings. The molecule has 1 aromatic heterocycles. The number of hydrogen-bond donors (Lipinski definition) is 2. The van der Waals surface area contributed by atoms with E-state index in [-0.39, 0.29) is 36.6 Å². The number of imidazole rings is 1. The minimum absolute atomic E-state index is 0.0300. The number of nitrogen functional groups attached to an aromatic ring is 1. The fraction of sp³-hybridized carbons (Fsp3) is 0.583. The highest BCUT2D eigenvalue weighted by atomic mass is 16.5. The number of anilines is 1. The van der Waals surface area contributed by atoms with Crippen molar-refractivity contribution in [3.05, 3.63) is 11.5 Å². The monoisotopic (exact) mass is 268 g/mol. The number of aryl methyl sites for hydroxylation is 1. The number of nitrogens with two attached hydrogens (primary N) is 1. The van der Waals surface area contributed by atoms with E-state index in [4.69, 9.17) is 10.5 Å². The molecule has 1 heterocycles. The van der Waals surface area contributed by atoms with Gasteiger partial charge in [-0.2, -0.15) is 0 Å². The Kier molecular flexibility index (Phi) is 4.91. The molecule has 0 saturated carbocycles. The molecule has 0 unspecified atom stereocenters. The topological polar surface area (TPSA) is 99.2 Å². The predicted molar refractivity (Wildman–Crippen MR) is 70.6 cm³/mol. The Balaban J connectivity index is 2.91. The van der Waals surface area contributed by atoms with Crippen LogP contribution >= 0.6 is 0 Å². The van der Waals surface area contributed by atoms with Gasteiger partial charge < -0.3 is 20.4 Å². The average molecular weight is 268 g/mol. The minimum atomic E-state index is -0.578. The number of hydrogen-bond acceptors (Lipinski definition) is 5. The molecule has 1 amide bonds. The normalized spacial score (nSPS) is 10.6. The van der Waals surface area contributed by atoms with Gasteiger partial charge in [0.05, 0.1) is 6.61 Å². The number of nitrogens with zero attached hydrogens (tertiary/aromatic N) is 2. The summed E-state index contributed by atoms with van der Waals surface area (Å²) in [5, 5.41) is 2.75. The highest BCUT2D eigenvalue weighted by molar-refractivity contribution is 5.92. The van der Waals surface area contributed by atoms with Crippen LogP contribution in [-0.4, -0.2) is 34.1 Å². The maximum Gasteiger partial charge on any atom is 0.360 e. The van der Waals surface area contributed by atoms with Crippen LogP contribution in [0.15, 0.2) is 0 Å². The molecule has 0 aliphatic carbocycles. The molecule has 7 nitrogen and oxygen atoms in total. The summed E-state index contributed by atoms with van der Waals surface area (Å²) in [6, 6.07) is 0.0436. The van der Waals surface area contributed by atoms with Crippen LogP contribution in [0.4, 0.5) is 5.82 Å². The fourth-order valence-corrected chi connectivity index (χ4v) is 1.64. The van der Waals surface area contributed by atoms with Crippen molar-refractivity contribution < 1.29 is 14.3 Å². The van der Waals surface area contributed by atoms with Crippen molar-refractivity contribution in [2.75, 3.05) is 12.3 Å². The first-order valence-corrected chi connectivity index (χ1v) is 6.15. The standard InChI is InChI=1S/C12H20N4O3/c1-5-19-12(18)10-11(13)16(8(4)15-10)6-9(17)14-7(2)3/h7H,5-6,13H2,1-4H3,(H,14,17). The van der Waals surface area contributed by atoms with Crippen LogP contribution in [0.25, 0.3) is 0 Å². The number of carbonyl (C=O) groups excluding carboxylic acids is 2. The lowest BCUT2D eigenvalue weighted by atomic mass is 10.4. The Morgan fingerprint density at radius 2 is 2.11 bits per heavy atom. The van der Waals surface area contributed by atoms with Crippen molar-refractivity contribution in [1.82, 2.24) is 14.9 Å². The van der Waals surface area contributed by atoms with Crippen molar-refractivity contribution in [2.24, 2.45) is 0 Å². The zero-order valence-electron chi connectivity index (χ0n) is 11.7. The van der Waals surface area contributed by atoms with E-state index < -0.39 is 5.97 Å². The lowest BCUT2D eigenvalue weighted by Crippen LogP contribution is -2.33. The van der Waals surface area contributed by atoms with E-state index in [1.165, 1.54) is 4.57 Å². The summed E-state index contributed by atoms with van der Waals surface area (Å²) in [5.41, 5.74) is 5.89. The van der Waals surface area contributed by atoms with Crippen LogP contribution < -0.4 is 11.1 Å². The molecule has 19 heavy (non-hydrogen) atoms. The molecule has 0 fully saturated rings. The van der Waals surface area contributed by atoms with E-state index in [9.17, 15) is 9.59 Å². The van der Waals surface area contributed by atoms with Gasteiger partial charge in [-0.3, -0.25) is 4.79 Å². The van der Waals surface area contributed by atoms with Gasteiger partial charge in [-0.25, -0.2) is 9.78 Å². The second kappa shape index (κ2) is 6.21. The molecule has 0 radical (unpaired) electrons. The number of carbonyl (C=O) groups is 2. The van der Waals surface area contributed by atoms with Gasteiger partial charge in [0.15, 0.2) is 5.69 Å². The third-order valence-corrected chi connectivity index (χ3v) is 2.42. The molecular formula is C12H20N4O3. The van der Waals surface area contributed by atoms with E-state index >= 15 is 0 Å². The Labute approximate surface area is 112 Å². The van der Waals surface area contributed by atoms with E-state index in [0.29, 0.717) is 5.82 Å². The van der Waals surface area contributed by atoms with E-state index in [1.807, 2.05) is 13.8 Å². The van der Waals surface area contributed by atoms with E-state index in [2.05, 4.69) is 10.3 Å². The SMILES string of the molecule is CCOC(=O)c1nc(C)n(CC(=O)NC(C)C)c1N. The fourth-order valence-electron chi connectivity index (χ4n) is 1.64. The second-order valence-electron chi connectivity index (χ2n) is 4.42. The number of ether oxygens (including phenoxy) is 1. The molecule has 0 atom stereocenters. The van der Waals surface area contributed by atoms with Gasteiger partial charge >= 0.3 is 5.97 Å². The molecule has 0 aromatic carbocycles. The Hall–Kier alpha value is -2.05. The summed E-state index contributed by atoms with van der Waals surface area (Å²) in [5.74, 6) is -0.113. The molecule has 7 heteroatoms. The van der Waals surface area contributed by atoms with Crippen LogP contribution in [0.2, 0.25) is 0 Å². The van der Waals surface area contributed by atoms with Crippen LogP contribution in [0.3, 0.4) is 0 Å². The van der Waals surface area contributed by atoms with E-state index in [1.54, 1.807) is 13.8 Å². The Morgan fingerprint density at radius 1 is 1.47 bits per heavy atom. The molecule has 0 spiro atoms. The maximum absolute atomic E-state index is 11.7. The zero-order chi connectivity index (χ0) is 14.6. The smallest absolute Gasteiger partial charge is 0.360 e. The molecule has 0 aliphatic rings. The maximum atomic E-state index is 11.7. The summed E-state index contributed by atoms with van der Waals surface area (Å²) < 4.78 is 6.34. The Bertz CT molecular complexity index is 480. The van der Waals surface area contributed by atoms with E-state index in [0.717, 1.165) is 0 Å². The number of rotatable bonds is 5. The second-order valence-corrected chi connectivity index (χ2v) is 4.42. The summed E-state index contributed by atoms with van der Waals surface area (Å²) >= 11 is 0. The van der Waals surface area contributed by atoms with Crippen LogP contribution in [0, 0.1) is 6.92 Å². The van der Waals surface area contributed by atoms with Gasteiger partial charge in [-0.15, -0.1) is 0 Å². The summed E-state index contributed by atoms with van der Waals surface area (Å²) in [6.45, 7) is 7.40. The summed E-state index contributed by atoms with van der Waals surface area (Å²) in [7, 11) is 0. The third-order valence-electron chi connectivity index (χ3n) is 2.42. The zero-order valence-corrected chi connectivity index (χ0v) is 11.7. The first-order valence-electron chi connectivity index (χ1n) is 6.15. The van der Waals surface area contributed by atoms with Gasteiger partial charge in [0.1, 0.15) is 18.2 Å². The minimum Gasteiger partial charge on any atom is -0.461 e. The van der Waals surface area contributed by atoms with Crippen molar-refractivity contribution in [3.8, 4) is 0 Å². The number of nitrogens with one attached hydrogen (secondary N) is 1. The lowest BCUT2D eigenvalue weighted by molar-refractivity contribution is -0.122. The molecule has 3 N–H and O–H groups in total. The molecule has 106 valence electrons. The van der Waals surface area contributed by atoms with Gasteiger partial charge in [-0.05, 0) is 27.7 Å². The highest BCUT2D eigenvalue weighted by Crippen LogP contribution is 2.15. The summed E-state index contributed by atoms with van der Waals surface area (Å²) in [6.07, 6.45) is 0. The number of aromatic nitrogens is 2. The van der Waals surface area contributed by atoms with Crippen LogP contribution in [-0.2, 0) is 16.1 Å². The number of esters is 1. The third kappa shape index (κ3) is 3.70. The molecular weight excluding hydrogens is 248 g/mol. The van der Waals surface area contributed by atoms with Crippen molar-refractivity contribution in [3.63, 3.8) is 0 Å². The van der Waals surface area contributed by atoms with Crippen molar-refractivity contribution in [2.45, 2.75) is 40.3 Å². The molecule has 1 rings (SSSR count). The first kappa shape index (κ1) is 15.0. The largest absolute Gasteiger partial charge is 0.461 e. The van der Waals surface area contributed by atoms with Gasteiger partial charge in [0.2, 0.25) is 5.91 Å². The van der Waals surface area contributed by atoms with Gasteiger partial charge in [0.25, 0.3) is 0 Å². The van der Waals surface area contributed by atoms with Gasteiger partial charge in [0, 0.05) is 6.04 Å². The molecule has 0 aliphatic heterocycles. The van der Waals surface area contributed by atoms with Crippen LogP contribution in [0.1, 0.15) is 37.1 Å². The molecule has 0 bridgehead atoms. The number of amides is 1. The average Bonchev–Trinajstić information content (AvgIpc) is 2.56. The quantitative estimate of drug-likeness (QED) is 0.756. The van der Waals surface area contributed by atoms with Crippen molar-refractivity contribution in [1.29, 1.82) is 0 Å². The lowest BCUT2D eigenvalue weighted by Gasteiger charge is -2.10. The highest BCUT2D eigenvalue weighted by Gasteiger charge is 2.20. The van der Waals surface area contributed by atoms with Gasteiger partial charge in [-0.1, -0.05) is 0 Å². The van der Waals surface area contributed by atoms with Crippen molar-refractivity contribution >= 4 is 17.7 Å². The summed E-state index contributed by atoms with van der Waals surface area (Å²) in [4.78, 5) is 27.4. The Morgan fingerprint density at radius 3 is 2.63 bits per heavy atom. The molecule has 0 saturated heterocycles. The predicted octanol–water partition coefficient (Wildman–Crippen LogP) is 0.475. The first-order chi connectivity index (χ1) is 8.86.